The quantitative estimate of drug-likeness (QED) is 0.796. The van der Waals surface area contributed by atoms with Gasteiger partial charge in [0, 0.05) is 31.9 Å². The Morgan fingerprint density at radius 3 is 2.83 bits per heavy atom. The maximum atomic E-state index is 12.8. The van der Waals surface area contributed by atoms with Crippen molar-refractivity contribution in [2.24, 2.45) is 18.9 Å². The van der Waals surface area contributed by atoms with E-state index in [-0.39, 0.29) is 5.91 Å². The van der Waals surface area contributed by atoms with E-state index in [1.165, 1.54) is 5.57 Å². The molecular weight excluding hydrogens is 304 g/mol. The van der Waals surface area contributed by atoms with Crippen molar-refractivity contribution in [2.75, 3.05) is 13.1 Å². The van der Waals surface area contributed by atoms with Gasteiger partial charge in [-0.1, -0.05) is 16.8 Å². The average Bonchev–Trinajstić information content (AvgIpc) is 3.26. The van der Waals surface area contributed by atoms with Crippen molar-refractivity contribution >= 4 is 5.91 Å². The zero-order valence-corrected chi connectivity index (χ0v) is 14.3. The van der Waals surface area contributed by atoms with Gasteiger partial charge in [0.25, 0.3) is 5.91 Å². The number of hydrogen-bond donors (Lipinski definition) is 0. The Balaban J connectivity index is 1.51. The molecule has 6 heteroatoms. The van der Waals surface area contributed by atoms with Crippen molar-refractivity contribution < 1.29 is 9.32 Å². The summed E-state index contributed by atoms with van der Waals surface area (Å²) >= 11 is 0. The molecule has 126 valence electrons. The van der Waals surface area contributed by atoms with E-state index in [4.69, 9.17) is 4.52 Å². The fourth-order valence-electron chi connectivity index (χ4n) is 3.86. The summed E-state index contributed by atoms with van der Waals surface area (Å²) < 4.78 is 7.18. The van der Waals surface area contributed by atoms with Gasteiger partial charge in [-0.05, 0) is 38.5 Å². The van der Waals surface area contributed by atoms with Gasteiger partial charge < -0.3 is 9.42 Å². The third kappa shape index (κ3) is 2.46. The third-order valence-electron chi connectivity index (χ3n) is 5.45. The van der Waals surface area contributed by atoms with Gasteiger partial charge in [0.15, 0.2) is 11.5 Å². The van der Waals surface area contributed by atoms with Crippen molar-refractivity contribution in [1.29, 1.82) is 0 Å². The van der Waals surface area contributed by atoms with Gasteiger partial charge in [-0.2, -0.15) is 5.10 Å². The standard InChI is InChI=1S/C18H22N4O2/c1-11-4-5-13-9-22(10-14(13)6-11)18(23)16-7-17(24-20-16)15-8-19-21(3)12(15)2/h4,7-8,13-14H,5-6,9-10H2,1-3H3/t13-,14+/m0/s1. The van der Waals surface area contributed by atoms with Crippen molar-refractivity contribution in [2.45, 2.75) is 26.7 Å². The number of nitrogens with zero attached hydrogens (tertiary/aromatic N) is 4. The summed E-state index contributed by atoms with van der Waals surface area (Å²) in [6.07, 6.45) is 6.24. The highest BCUT2D eigenvalue weighted by atomic mass is 16.5. The van der Waals surface area contributed by atoms with Crippen LogP contribution in [-0.4, -0.2) is 38.8 Å². The second-order valence-electron chi connectivity index (χ2n) is 7.06. The zero-order chi connectivity index (χ0) is 16.8. The highest BCUT2D eigenvalue weighted by Gasteiger charge is 2.37. The summed E-state index contributed by atoms with van der Waals surface area (Å²) in [6, 6.07) is 1.73. The number of aryl methyl sites for hydroxylation is 1. The van der Waals surface area contributed by atoms with E-state index in [9.17, 15) is 4.79 Å². The van der Waals surface area contributed by atoms with E-state index in [2.05, 4.69) is 23.3 Å². The summed E-state index contributed by atoms with van der Waals surface area (Å²) in [7, 11) is 1.88. The highest BCUT2D eigenvalue weighted by molar-refractivity contribution is 5.93. The first-order chi connectivity index (χ1) is 11.5. The lowest BCUT2D eigenvalue weighted by Crippen LogP contribution is -2.29. The van der Waals surface area contributed by atoms with Crippen LogP contribution in [0, 0.1) is 18.8 Å². The molecule has 0 bridgehead atoms. The van der Waals surface area contributed by atoms with Gasteiger partial charge in [-0.15, -0.1) is 0 Å². The molecule has 0 spiro atoms. The van der Waals surface area contributed by atoms with Crippen molar-refractivity contribution in [3.05, 3.63) is 35.3 Å². The molecule has 2 atom stereocenters. The van der Waals surface area contributed by atoms with Crippen LogP contribution in [-0.2, 0) is 7.05 Å². The van der Waals surface area contributed by atoms with Crippen LogP contribution in [0.2, 0.25) is 0 Å². The topological polar surface area (TPSA) is 64.2 Å². The first-order valence-corrected chi connectivity index (χ1v) is 8.43. The lowest BCUT2D eigenvalue weighted by Gasteiger charge is -2.21. The molecule has 1 fully saturated rings. The fraction of sp³-hybridized carbons (Fsp3) is 0.500. The zero-order valence-electron chi connectivity index (χ0n) is 14.3. The molecule has 0 saturated carbocycles. The molecule has 3 heterocycles. The molecule has 6 nitrogen and oxygen atoms in total. The molecule has 0 N–H and O–H groups in total. The Bertz CT molecular complexity index is 817. The van der Waals surface area contributed by atoms with Crippen LogP contribution in [0.1, 0.15) is 35.9 Å². The molecular formula is C18H22N4O2. The van der Waals surface area contributed by atoms with E-state index in [1.54, 1.807) is 16.9 Å². The summed E-state index contributed by atoms with van der Waals surface area (Å²) in [5.41, 5.74) is 3.69. The van der Waals surface area contributed by atoms with Gasteiger partial charge in [-0.25, -0.2) is 0 Å². The van der Waals surface area contributed by atoms with E-state index >= 15 is 0 Å². The molecule has 2 aromatic heterocycles. The first-order valence-electron chi connectivity index (χ1n) is 8.43. The van der Waals surface area contributed by atoms with Gasteiger partial charge in [-0.3, -0.25) is 9.48 Å². The molecule has 4 rings (SSSR count). The van der Waals surface area contributed by atoms with Gasteiger partial charge in [0.2, 0.25) is 0 Å². The van der Waals surface area contributed by atoms with E-state index in [0.717, 1.165) is 37.2 Å². The second-order valence-corrected chi connectivity index (χ2v) is 7.06. The highest BCUT2D eigenvalue weighted by Crippen LogP contribution is 2.36. The Kier molecular flexibility index (Phi) is 3.55. The summed E-state index contributed by atoms with van der Waals surface area (Å²) in [4.78, 5) is 14.7. The Labute approximate surface area is 141 Å². The van der Waals surface area contributed by atoms with Crippen LogP contribution in [0.15, 0.2) is 28.4 Å². The molecule has 2 aliphatic rings. The maximum Gasteiger partial charge on any atom is 0.276 e. The number of carbonyl (C=O) groups is 1. The fourth-order valence-corrected chi connectivity index (χ4v) is 3.86. The number of carbonyl (C=O) groups excluding carboxylic acids is 1. The number of rotatable bonds is 2. The smallest absolute Gasteiger partial charge is 0.276 e. The van der Waals surface area contributed by atoms with Crippen molar-refractivity contribution in [1.82, 2.24) is 19.8 Å². The van der Waals surface area contributed by atoms with Gasteiger partial charge in [0.05, 0.1) is 11.8 Å². The number of fused-ring (bicyclic) bond motifs is 1. The largest absolute Gasteiger partial charge is 0.355 e. The summed E-state index contributed by atoms with van der Waals surface area (Å²) in [5, 5.41) is 8.21. The number of hydrogen-bond acceptors (Lipinski definition) is 4. The minimum Gasteiger partial charge on any atom is -0.355 e. The minimum absolute atomic E-state index is 0.0291. The molecule has 0 aromatic carbocycles. The second kappa shape index (κ2) is 5.61. The number of aromatic nitrogens is 3. The van der Waals surface area contributed by atoms with Crippen molar-refractivity contribution in [3.63, 3.8) is 0 Å². The number of likely N-dealkylation sites (tertiary alicyclic amines) is 1. The molecule has 1 saturated heterocycles. The van der Waals surface area contributed by atoms with E-state index in [0.29, 0.717) is 23.3 Å². The minimum atomic E-state index is -0.0291. The predicted molar refractivity (Wildman–Crippen MR) is 89.3 cm³/mol. The third-order valence-corrected chi connectivity index (χ3v) is 5.45. The van der Waals surface area contributed by atoms with Crippen LogP contribution >= 0.6 is 0 Å². The van der Waals surface area contributed by atoms with E-state index < -0.39 is 0 Å². The molecule has 1 aliphatic carbocycles. The van der Waals surface area contributed by atoms with Crippen LogP contribution < -0.4 is 0 Å². The molecule has 2 aromatic rings. The van der Waals surface area contributed by atoms with Crippen LogP contribution in [0.4, 0.5) is 0 Å². The van der Waals surface area contributed by atoms with E-state index in [1.807, 2.05) is 18.9 Å². The maximum absolute atomic E-state index is 12.8. The molecule has 24 heavy (non-hydrogen) atoms. The Morgan fingerprint density at radius 2 is 2.08 bits per heavy atom. The van der Waals surface area contributed by atoms with Crippen LogP contribution in [0.25, 0.3) is 11.3 Å². The first kappa shape index (κ1) is 15.2. The number of amides is 1. The Morgan fingerprint density at radius 1 is 1.29 bits per heavy atom. The molecule has 1 aliphatic heterocycles. The lowest BCUT2D eigenvalue weighted by atomic mass is 9.83. The summed E-state index contributed by atoms with van der Waals surface area (Å²) in [6.45, 7) is 5.79. The Hall–Kier alpha value is -2.37. The predicted octanol–water partition coefficient (Wildman–Crippen LogP) is 2.81. The molecule has 0 radical (unpaired) electrons. The lowest BCUT2D eigenvalue weighted by molar-refractivity contribution is 0.0774. The summed E-state index contributed by atoms with van der Waals surface area (Å²) in [5.74, 6) is 1.74. The normalized spacial score (nSPS) is 23.3. The molecule has 0 unspecified atom stereocenters. The average molecular weight is 326 g/mol. The van der Waals surface area contributed by atoms with Crippen molar-refractivity contribution in [3.8, 4) is 11.3 Å². The molecule has 1 amide bonds. The number of allylic oxidation sites excluding steroid dienone is 2. The van der Waals surface area contributed by atoms with Gasteiger partial charge >= 0.3 is 0 Å². The SMILES string of the molecule is CC1=CC[C@H]2CN(C(=O)c3cc(-c4cnn(C)c4C)on3)C[C@H]2C1. The van der Waals surface area contributed by atoms with Crippen LogP contribution in [0.3, 0.4) is 0 Å². The van der Waals surface area contributed by atoms with Crippen LogP contribution in [0.5, 0.6) is 0 Å². The van der Waals surface area contributed by atoms with Gasteiger partial charge in [0.1, 0.15) is 0 Å². The monoisotopic (exact) mass is 326 g/mol.